The summed E-state index contributed by atoms with van der Waals surface area (Å²) in [6.45, 7) is 2.04. The maximum Gasteiger partial charge on any atom is 0.403 e. The average Bonchev–Trinajstić information content (AvgIpc) is 2.19. The topological polar surface area (TPSA) is 89.6 Å². The second-order valence-electron chi connectivity index (χ2n) is 3.62. The molecule has 1 aliphatic rings. The molecule has 0 bridgehead atoms. The van der Waals surface area contributed by atoms with Crippen LogP contribution in [0, 0.1) is 5.92 Å². The van der Waals surface area contributed by atoms with Crippen molar-refractivity contribution in [2.24, 2.45) is 11.7 Å². The first-order valence-corrected chi connectivity index (χ1v) is 5.65. The van der Waals surface area contributed by atoms with Gasteiger partial charge in [-0.1, -0.05) is 0 Å². The summed E-state index contributed by atoms with van der Waals surface area (Å²) in [5.74, 6) is -0.785. The van der Waals surface area contributed by atoms with E-state index in [1.54, 1.807) is 6.92 Å². The SMILES string of the molecule is CCOC(=O)Cl.NC1CCC(C(=O)O)CC1. The zero-order chi connectivity index (χ0) is 12.6. The van der Waals surface area contributed by atoms with Crippen LogP contribution in [0.3, 0.4) is 0 Å². The molecule has 0 heterocycles. The lowest BCUT2D eigenvalue weighted by Crippen LogP contribution is -2.29. The van der Waals surface area contributed by atoms with Crippen LogP contribution in [0.2, 0.25) is 0 Å². The van der Waals surface area contributed by atoms with E-state index in [4.69, 9.17) is 22.4 Å². The highest BCUT2D eigenvalue weighted by Gasteiger charge is 2.23. The zero-order valence-corrected chi connectivity index (χ0v) is 10.1. The Labute approximate surface area is 99.9 Å². The highest BCUT2D eigenvalue weighted by atomic mass is 35.5. The van der Waals surface area contributed by atoms with Crippen molar-refractivity contribution in [2.45, 2.75) is 38.6 Å². The number of carboxylic acids is 1. The summed E-state index contributed by atoms with van der Waals surface area (Å²) in [6.07, 6.45) is 3.26. The first kappa shape index (κ1) is 15.2. The molecule has 5 nitrogen and oxygen atoms in total. The van der Waals surface area contributed by atoms with Crippen LogP contribution >= 0.6 is 11.6 Å². The van der Waals surface area contributed by atoms with Crippen molar-refractivity contribution in [1.29, 1.82) is 0 Å². The predicted octanol–water partition coefficient (Wildman–Crippen LogP) is 1.97. The van der Waals surface area contributed by atoms with Gasteiger partial charge in [0.25, 0.3) is 0 Å². The Balaban J connectivity index is 0.000000325. The minimum absolute atomic E-state index is 0.125. The fraction of sp³-hybridized carbons (Fsp3) is 0.800. The van der Waals surface area contributed by atoms with Crippen LogP contribution in [0.25, 0.3) is 0 Å². The van der Waals surface area contributed by atoms with E-state index in [9.17, 15) is 9.59 Å². The summed E-state index contributed by atoms with van der Waals surface area (Å²) >= 11 is 4.72. The number of carbonyl (C=O) groups excluding carboxylic acids is 1. The summed E-state index contributed by atoms with van der Waals surface area (Å²) in [7, 11) is 0. The molecule has 0 aromatic carbocycles. The second kappa shape index (κ2) is 8.35. The van der Waals surface area contributed by atoms with E-state index in [1.165, 1.54) is 0 Å². The molecule has 94 valence electrons. The van der Waals surface area contributed by atoms with Gasteiger partial charge in [-0.05, 0) is 32.6 Å². The van der Waals surface area contributed by atoms with Crippen molar-refractivity contribution in [3.63, 3.8) is 0 Å². The van der Waals surface area contributed by atoms with Gasteiger partial charge in [0, 0.05) is 17.6 Å². The number of hydrogen-bond donors (Lipinski definition) is 2. The molecule has 0 aromatic rings. The van der Waals surface area contributed by atoms with E-state index in [0.717, 1.165) is 25.7 Å². The molecule has 1 aliphatic carbocycles. The third kappa shape index (κ3) is 7.48. The highest BCUT2D eigenvalue weighted by Crippen LogP contribution is 2.22. The van der Waals surface area contributed by atoms with Crippen molar-refractivity contribution < 1.29 is 19.4 Å². The summed E-state index contributed by atoms with van der Waals surface area (Å²) in [5.41, 5.74) is 4.87. The molecule has 0 amide bonds. The monoisotopic (exact) mass is 251 g/mol. The largest absolute Gasteiger partial charge is 0.481 e. The van der Waals surface area contributed by atoms with Gasteiger partial charge in [-0.15, -0.1) is 0 Å². The summed E-state index contributed by atoms with van der Waals surface area (Å²) < 4.78 is 4.17. The van der Waals surface area contributed by atoms with Crippen LogP contribution in [0.15, 0.2) is 0 Å². The molecule has 3 N–H and O–H groups in total. The van der Waals surface area contributed by atoms with Crippen molar-refractivity contribution in [2.75, 3.05) is 6.61 Å². The number of halogens is 1. The van der Waals surface area contributed by atoms with E-state index < -0.39 is 11.4 Å². The van der Waals surface area contributed by atoms with Crippen molar-refractivity contribution >= 4 is 23.0 Å². The van der Waals surface area contributed by atoms with Crippen LogP contribution in [-0.2, 0) is 9.53 Å². The maximum atomic E-state index is 10.4. The molecule has 0 aromatic heterocycles. The molecule has 6 heteroatoms. The Morgan fingerprint density at radius 2 is 1.88 bits per heavy atom. The van der Waals surface area contributed by atoms with Gasteiger partial charge < -0.3 is 15.6 Å². The van der Waals surface area contributed by atoms with Gasteiger partial charge in [0.2, 0.25) is 0 Å². The number of carboxylic acid groups (broad SMARTS) is 1. The van der Waals surface area contributed by atoms with E-state index in [2.05, 4.69) is 4.74 Å². The van der Waals surface area contributed by atoms with E-state index in [-0.39, 0.29) is 12.0 Å². The third-order valence-electron chi connectivity index (χ3n) is 2.38. The number of nitrogens with two attached hydrogens (primary N) is 1. The van der Waals surface area contributed by atoms with Crippen molar-refractivity contribution in [1.82, 2.24) is 0 Å². The maximum absolute atomic E-state index is 10.4. The fourth-order valence-corrected chi connectivity index (χ4v) is 1.59. The average molecular weight is 252 g/mol. The molecule has 1 fully saturated rings. The minimum atomic E-state index is -0.738. The van der Waals surface area contributed by atoms with Crippen LogP contribution < -0.4 is 5.73 Å². The Kier molecular flexibility index (Phi) is 7.93. The van der Waals surface area contributed by atoms with Crippen molar-refractivity contribution in [3.8, 4) is 0 Å². The minimum Gasteiger partial charge on any atom is -0.481 e. The molecular formula is C10H18ClNO4. The number of aliphatic carboxylic acids is 1. The van der Waals surface area contributed by atoms with Crippen LogP contribution in [0.4, 0.5) is 4.79 Å². The molecule has 0 aliphatic heterocycles. The van der Waals surface area contributed by atoms with Gasteiger partial charge in [0.15, 0.2) is 0 Å². The van der Waals surface area contributed by atoms with Crippen LogP contribution in [-0.4, -0.2) is 29.2 Å². The van der Waals surface area contributed by atoms with Gasteiger partial charge in [0.1, 0.15) is 0 Å². The Morgan fingerprint density at radius 3 is 2.12 bits per heavy atom. The molecule has 1 rings (SSSR count). The van der Waals surface area contributed by atoms with Crippen LogP contribution in [0.5, 0.6) is 0 Å². The van der Waals surface area contributed by atoms with Gasteiger partial charge in [-0.25, -0.2) is 4.79 Å². The fourth-order valence-electron chi connectivity index (χ4n) is 1.48. The van der Waals surface area contributed by atoms with Gasteiger partial charge in [-0.2, -0.15) is 0 Å². The lowest BCUT2D eigenvalue weighted by molar-refractivity contribution is -0.142. The normalized spacial score (nSPS) is 23.9. The molecule has 0 radical (unpaired) electrons. The van der Waals surface area contributed by atoms with Gasteiger partial charge >= 0.3 is 11.4 Å². The Hall–Kier alpha value is -0.810. The number of hydrogen-bond acceptors (Lipinski definition) is 4. The molecule has 0 unspecified atom stereocenters. The van der Waals surface area contributed by atoms with E-state index in [1.807, 2.05) is 0 Å². The Morgan fingerprint density at radius 1 is 1.38 bits per heavy atom. The van der Waals surface area contributed by atoms with Gasteiger partial charge in [0.05, 0.1) is 12.5 Å². The van der Waals surface area contributed by atoms with Crippen LogP contribution in [0.1, 0.15) is 32.6 Å². The number of rotatable bonds is 2. The summed E-state index contributed by atoms with van der Waals surface area (Å²) in [4.78, 5) is 20.0. The standard InChI is InChI=1S/C7H13NO2.C3H5ClO2/c8-6-3-1-5(2-4-6)7(9)10;1-2-6-3(4)5/h5-6H,1-4,8H2,(H,9,10);2H2,1H3. The lowest BCUT2D eigenvalue weighted by atomic mass is 9.87. The first-order chi connectivity index (χ1) is 7.47. The molecule has 0 saturated heterocycles. The molecule has 0 atom stereocenters. The van der Waals surface area contributed by atoms with E-state index in [0.29, 0.717) is 6.61 Å². The second-order valence-corrected chi connectivity index (χ2v) is 3.93. The molecule has 0 spiro atoms. The molecule has 1 saturated carbocycles. The lowest BCUT2D eigenvalue weighted by Gasteiger charge is -2.22. The van der Waals surface area contributed by atoms with Gasteiger partial charge in [-0.3, -0.25) is 4.79 Å². The van der Waals surface area contributed by atoms with E-state index >= 15 is 0 Å². The third-order valence-corrected chi connectivity index (χ3v) is 2.49. The quantitative estimate of drug-likeness (QED) is 0.733. The van der Waals surface area contributed by atoms with Crippen molar-refractivity contribution in [3.05, 3.63) is 0 Å². The molecule has 16 heavy (non-hydrogen) atoms. The highest BCUT2D eigenvalue weighted by molar-refractivity contribution is 6.61. The Bertz CT molecular complexity index is 227. The smallest absolute Gasteiger partial charge is 0.403 e. The zero-order valence-electron chi connectivity index (χ0n) is 9.32. The summed E-state index contributed by atoms with van der Waals surface area (Å²) in [6, 6.07) is 0.246. The number of ether oxygens (including phenoxy) is 1. The summed E-state index contributed by atoms with van der Waals surface area (Å²) in [5, 5.41) is 8.58. The molecular weight excluding hydrogens is 234 g/mol. The number of carbonyl (C=O) groups is 2. The first-order valence-electron chi connectivity index (χ1n) is 5.28. The predicted molar refractivity (Wildman–Crippen MR) is 60.4 cm³/mol.